The fraction of sp³-hybridized carbons (Fsp3) is 0.440. The SMILES string of the molecule is CC(C)CC(=O)Nc1ccc(N2CCc3ccccc3C2)c(C(=O)N2CCCC2)c1. The van der Waals surface area contributed by atoms with E-state index >= 15 is 0 Å². The molecule has 158 valence electrons. The summed E-state index contributed by atoms with van der Waals surface area (Å²) in [6.45, 7) is 7.36. The van der Waals surface area contributed by atoms with Crippen molar-refractivity contribution < 1.29 is 9.59 Å². The van der Waals surface area contributed by atoms with E-state index in [0.717, 1.165) is 51.1 Å². The van der Waals surface area contributed by atoms with Crippen LogP contribution in [-0.4, -0.2) is 36.3 Å². The highest BCUT2D eigenvalue weighted by molar-refractivity contribution is 6.02. The van der Waals surface area contributed by atoms with E-state index in [1.165, 1.54) is 11.1 Å². The Bertz CT molecular complexity index is 932. The topological polar surface area (TPSA) is 52.7 Å². The third kappa shape index (κ3) is 4.50. The monoisotopic (exact) mass is 405 g/mol. The van der Waals surface area contributed by atoms with Gasteiger partial charge in [-0.25, -0.2) is 0 Å². The van der Waals surface area contributed by atoms with E-state index in [1.807, 2.05) is 36.9 Å². The summed E-state index contributed by atoms with van der Waals surface area (Å²) in [6.07, 6.45) is 3.56. The summed E-state index contributed by atoms with van der Waals surface area (Å²) in [5, 5.41) is 2.98. The molecule has 2 aliphatic rings. The van der Waals surface area contributed by atoms with Gasteiger partial charge in [-0.3, -0.25) is 9.59 Å². The number of carbonyl (C=O) groups excluding carboxylic acids is 2. The number of carbonyl (C=O) groups is 2. The van der Waals surface area contributed by atoms with Gasteiger partial charge in [0, 0.05) is 44.0 Å². The lowest BCUT2D eigenvalue weighted by Gasteiger charge is -2.33. The third-order valence-corrected chi connectivity index (χ3v) is 5.97. The highest BCUT2D eigenvalue weighted by Crippen LogP contribution is 2.31. The standard InChI is InChI=1S/C25H31N3O2/c1-18(2)15-24(29)26-21-9-10-23(22(16-21)25(30)27-12-5-6-13-27)28-14-11-19-7-3-4-8-20(19)17-28/h3-4,7-10,16,18H,5-6,11-15,17H2,1-2H3,(H,26,29). The molecule has 0 spiro atoms. The van der Waals surface area contributed by atoms with Gasteiger partial charge in [-0.1, -0.05) is 38.1 Å². The maximum Gasteiger partial charge on any atom is 0.256 e. The van der Waals surface area contributed by atoms with E-state index in [9.17, 15) is 9.59 Å². The molecule has 2 aromatic carbocycles. The van der Waals surface area contributed by atoms with Crippen molar-refractivity contribution in [1.82, 2.24) is 4.90 Å². The number of likely N-dealkylation sites (tertiary alicyclic amines) is 1. The van der Waals surface area contributed by atoms with Gasteiger partial charge in [0.15, 0.2) is 0 Å². The molecule has 2 amide bonds. The molecule has 5 heteroatoms. The second-order valence-electron chi connectivity index (χ2n) is 8.82. The van der Waals surface area contributed by atoms with Crippen LogP contribution in [0.2, 0.25) is 0 Å². The van der Waals surface area contributed by atoms with Gasteiger partial charge in [0.2, 0.25) is 5.91 Å². The highest BCUT2D eigenvalue weighted by atomic mass is 16.2. The van der Waals surface area contributed by atoms with E-state index in [4.69, 9.17) is 0 Å². The number of nitrogens with zero attached hydrogens (tertiary/aromatic N) is 2. The summed E-state index contributed by atoms with van der Waals surface area (Å²) in [5.41, 5.74) is 5.06. The summed E-state index contributed by atoms with van der Waals surface area (Å²) in [6, 6.07) is 14.3. The first kappa shape index (κ1) is 20.5. The molecule has 1 saturated heterocycles. The Morgan fingerprint density at radius 2 is 1.73 bits per heavy atom. The van der Waals surface area contributed by atoms with Crippen LogP contribution < -0.4 is 10.2 Å². The van der Waals surface area contributed by atoms with Gasteiger partial charge in [0.25, 0.3) is 5.91 Å². The Morgan fingerprint density at radius 3 is 2.47 bits per heavy atom. The number of rotatable bonds is 5. The molecule has 0 saturated carbocycles. The van der Waals surface area contributed by atoms with Gasteiger partial charge < -0.3 is 15.1 Å². The molecule has 1 N–H and O–H groups in total. The average Bonchev–Trinajstić information content (AvgIpc) is 3.27. The number of nitrogens with one attached hydrogen (secondary N) is 1. The maximum absolute atomic E-state index is 13.4. The predicted molar refractivity (Wildman–Crippen MR) is 121 cm³/mol. The fourth-order valence-electron chi connectivity index (χ4n) is 4.44. The summed E-state index contributed by atoms with van der Waals surface area (Å²) >= 11 is 0. The van der Waals surface area contributed by atoms with Crippen molar-refractivity contribution in [2.75, 3.05) is 29.9 Å². The molecular weight excluding hydrogens is 374 g/mol. The molecule has 1 fully saturated rings. The smallest absolute Gasteiger partial charge is 0.256 e. The van der Waals surface area contributed by atoms with Crippen LogP contribution in [0.5, 0.6) is 0 Å². The van der Waals surface area contributed by atoms with Crippen molar-refractivity contribution in [3.63, 3.8) is 0 Å². The van der Waals surface area contributed by atoms with Gasteiger partial charge in [-0.15, -0.1) is 0 Å². The maximum atomic E-state index is 13.4. The van der Waals surface area contributed by atoms with Crippen molar-refractivity contribution >= 4 is 23.2 Å². The van der Waals surface area contributed by atoms with Crippen molar-refractivity contribution in [2.45, 2.75) is 46.1 Å². The van der Waals surface area contributed by atoms with Crippen LogP contribution in [0.25, 0.3) is 0 Å². The van der Waals surface area contributed by atoms with Crippen LogP contribution >= 0.6 is 0 Å². The zero-order valence-electron chi connectivity index (χ0n) is 18.0. The molecule has 0 radical (unpaired) electrons. The molecule has 0 unspecified atom stereocenters. The number of fused-ring (bicyclic) bond motifs is 1. The van der Waals surface area contributed by atoms with Gasteiger partial charge in [0.1, 0.15) is 0 Å². The largest absolute Gasteiger partial charge is 0.366 e. The van der Waals surface area contributed by atoms with Crippen molar-refractivity contribution in [3.05, 3.63) is 59.2 Å². The fourth-order valence-corrected chi connectivity index (χ4v) is 4.44. The van der Waals surface area contributed by atoms with Gasteiger partial charge in [-0.05, 0) is 54.5 Å². The molecule has 0 aromatic heterocycles. The molecule has 2 aliphatic heterocycles. The van der Waals surface area contributed by atoms with E-state index in [1.54, 1.807) is 0 Å². The second kappa shape index (κ2) is 8.90. The lowest BCUT2D eigenvalue weighted by atomic mass is 9.98. The van der Waals surface area contributed by atoms with E-state index in [0.29, 0.717) is 23.6 Å². The molecule has 4 rings (SSSR count). The Morgan fingerprint density at radius 1 is 1.00 bits per heavy atom. The zero-order valence-corrected chi connectivity index (χ0v) is 18.0. The quantitative estimate of drug-likeness (QED) is 0.799. The summed E-state index contributed by atoms with van der Waals surface area (Å²) in [4.78, 5) is 29.9. The Labute approximate surface area is 179 Å². The lowest BCUT2D eigenvalue weighted by Crippen LogP contribution is -2.34. The molecule has 30 heavy (non-hydrogen) atoms. The third-order valence-electron chi connectivity index (χ3n) is 5.97. The minimum atomic E-state index is -0.00998. The van der Waals surface area contributed by atoms with Crippen LogP contribution in [0.4, 0.5) is 11.4 Å². The van der Waals surface area contributed by atoms with E-state index < -0.39 is 0 Å². The normalized spacial score (nSPS) is 16.0. The average molecular weight is 406 g/mol. The first-order chi connectivity index (χ1) is 14.5. The van der Waals surface area contributed by atoms with E-state index in [2.05, 4.69) is 34.5 Å². The summed E-state index contributed by atoms with van der Waals surface area (Å²) < 4.78 is 0. The molecule has 0 atom stereocenters. The minimum absolute atomic E-state index is 0.00998. The Hall–Kier alpha value is -2.82. The van der Waals surface area contributed by atoms with Crippen LogP contribution in [0.3, 0.4) is 0 Å². The summed E-state index contributed by atoms with van der Waals surface area (Å²) in [5.74, 6) is 0.355. The van der Waals surface area contributed by atoms with Gasteiger partial charge in [0.05, 0.1) is 5.56 Å². The lowest BCUT2D eigenvalue weighted by molar-refractivity contribution is -0.116. The molecular formula is C25H31N3O2. The highest BCUT2D eigenvalue weighted by Gasteiger charge is 2.26. The molecule has 0 aliphatic carbocycles. The van der Waals surface area contributed by atoms with Gasteiger partial charge in [-0.2, -0.15) is 0 Å². The van der Waals surface area contributed by atoms with Crippen molar-refractivity contribution in [1.29, 1.82) is 0 Å². The van der Waals surface area contributed by atoms with Crippen LogP contribution in [0, 0.1) is 5.92 Å². The second-order valence-corrected chi connectivity index (χ2v) is 8.82. The number of amides is 2. The minimum Gasteiger partial charge on any atom is -0.366 e. The molecule has 2 heterocycles. The number of anilines is 2. The summed E-state index contributed by atoms with van der Waals surface area (Å²) in [7, 11) is 0. The molecule has 5 nitrogen and oxygen atoms in total. The van der Waals surface area contributed by atoms with E-state index in [-0.39, 0.29) is 11.8 Å². The predicted octanol–water partition coefficient (Wildman–Crippen LogP) is 4.47. The number of benzene rings is 2. The van der Waals surface area contributed by atoms with Crippen LogP contribution in [0.15, 0.2) is 42.5 Å². The van der Waals surface area contributed by atoms with Crippen LogP contribution in [0.1, 0.15) is 54.6 Å². The Balaban J connectivity index is 1.63. The van der Waals surface area contributed by atoms with Crippen LogP contribution in [-0.2, 0) is 17.8 Å². The van der Waals surface area contributed by atoms with Crippen molar-refractivity contribution in [3.8, 4) is 0 Å². The molecule has 2 aromatic rings. The van der Waals surface area contributed by atoms with Gasteiger partial charge >= 0.3 is 0 Å². The number of hydrogen-bond acceptors (Lipinski definition) is 3. The molecule has 0 bridgehead atoms. The van der Waals surface area contributed by atoms with Crippen molar-refractivity contribution in [2.24, 2.45) is 5.92 Å². The first-order valence-corrected chi connectivity index (χ1v) is 11.1. The zero-order chi connectivity index (χ0) is 21.1. The number of hydrogen-bond donors (Lipinski definition) is 1. The first-order valence-electron chi connectivity index (χ1n) is 11.1. The Kier molecular flexibility index (Phi) is 6.07.